The molecule has 0 spiro atoms. The van der Waals surface area contributed by atoms with E-state index in [-0.39, 0.29) is 11.4 Å². The van der Waals surface area contributed by atoms with E-state index < -0.39 is 12.3 Å². The summed E-state index contributed by atoms with van der Waals surface area (Å²) < 4.78 is 50.8. The van der Waals surface area contributed by atoms with Gasteiger partial charge in [0.1, 0.15) is 11.4 Å². The van der Waals surface area contributed by atoms with Gasteiger partial charge in [-0.2, -0.15) is 0 Å². The summed E-state index contributed by atoms with van der Waals surface area (Å²) in [5, 5.41) is 7.66. The first-order chi connectivity index (χ1) is 14.3. The van der Waals surface area contributed by atoms with Crippen molar-refractivity contribution in [3.8, 4) is 17.2 Å². The molecular weight excluding hydrogens is 423 g/mol. The maximum atomic E-state index is 12.3. The molecule has 3 rings (SSSR count). The van der Waals surface area contributed by atoms with Crippen molar-refractivity contribution < 1.29 is 32.2 Å². The van der Waals surface area contributed by atoms with Crippen LogP contribution in [-0.2, 0) is 0 Å². The second kappa shape index (κ2) is 8.91. The molecule has 0 unspecified atom stereocenters. The van der Waals surface area contributed by atoms with Crippen LogP contribution in [0.5, 0.6) is 17.2 Å². The molecule has 0 radical (unpaired) electrons. The van der Waals surface area contributed by atoms with E-state index in [0.29, 0.717) is 28.0 Å². The lowest BCUT2D eigenvalue weighted by molar-refractivity contribution is -0.274. The molecule has 0 aliphatic rings. The number of halogens is 3. The fourth-order valence-electron chi connectivity index (χ4n) is 2.41. The van der Waals surface area contributed by atoms with Crippen LogP contribution < -0.4 is 24.8 Å². The fraction of sp³-hybridized carbons (Fsp3) is 0.158. The molecule has 2 N–H and O–H groups in total. The second-order valence-electron chi connectivity index (χ2n) is 5.76. The summed E-state index contributed by atoms with van der Waals surface area (Å²) in [5.74, 6) is 0.232. The van der Waals surface area contributed by atoms with Crippen molar-refractivity contribution in [3.63, 3.8) is 0 Å². The number of anilines is 3. The van der Waals surface area contributed by atoms with Crippen molar-refractivity contribution in [2.24, 2.45) is 0 Å². The molecule has 30 heavy (non-hydrogen) atoms. The predicted molar refractivity (Wildman–Crippen MR) is 106 cm³/mol. The van der Waals surface area contributed by atoms with E-state index >= 15 is 0 Å². The molecule has 3 aromatic rings. The molecule has 0 aliphatic carbocycles. The van der Waals surface area contributed by atoms with Gasteiger partial charge in [-0.15, -0.1) is 24.5 Å². The number of thiazole rings is 1. The summed E-state index contributed by atoms with van der Waals surface area (Å²) in [7, 11) is 3.06. The van der Waals surface area contributed by atoms with Gasteiger partial charge in [0.2, 0.25) is 0 Å². The molecule has 0 saturated carbocycles. The van der Waals surface area contributed by atoms with Crippen molar-refractivity contribution >= 4 is 33.8 Å². The van der Waals surface area contributed by atoms with E-state index in [1.807, 2.05) is 0 Å². The number of benzene rings is 2. The number of nitrogens with one attached hydrogen (secondary N) is 2. The Morgan fingerprint density at radius 2 is 1.67 bits per heavy atom. The fourth-order valence-corrected chi connectivity index (χ4v) is 3.12. The molecule has 0 atom stereocenters. The summed E-state index contributed by atoms with van der Waals surface area (Å²) >= 11 is 1.22. The highest BCUT2D eigenvalue weighted by atomic mass is 32.1. The zero-order valence-electron chi connectivity index (χ0n) is 15.7. The third kappa shape index (κ3) is 5.54. The number of aromatic nitrogens is 1. The van der Waals surface area contributed by atoms with Gasteiger partial charge in [0.15, 0.2) is 16.6 Å². The Labute approximate surface area is 173 Å². The molecule has 0 fully saturated rings. The zero-order chi connectivity index (χ0) is 21.7. The van der Waals surface area contributed by atoms with Crippen LogP contribution in [0, 0.1) is 0 Å². The molecule has 0 saturated heterocycles. The molecule has 0 bridgehead atoms. The molecule has 11 heteroatoms. The highest BCUT2D eigenvalue weighted by Crippen LogP contribution is 2.32. The molecule has 158 valence electrons. The maximum absolute atomic E-state index is 12.3. The average molecular weight is 439 g/mol. The highest BCUT2D eigenvalue weighted by Gasteiger charge is 2.31. The van der Waals surface area contributed by atoms with Crippen molar-refractivity contribution in [3.05, 3.63) is 53.5 Å². The van der Waals surface area contributed by atoms with Crippen molar-refractivity contribution in [2.45, 2.75) is 6.36 Å². The van der Waals surface area contributed by atoms with E-state index in [1.165, 1.54) is 37.7 Å². The van der Waals surface area contributed by atoms with Crippen LogP contribution in [0.4, 0.5) is 29.7 Å². The summed E-state index contributed by atoms with van der Waals surface area (Å²) in [6.45, 7) is 0. The van der Waals surface area contributed by atoms with Gasteiger partial charge in [-0.25, -0.2) is 4.98 Å². The summed E-state index contributed by atoms with van der Waals surface area (Å²) in [5.41, 5.74) is 1.14. The summed E-state index contributed by atoms with van der Waals surface area (Å²) in [6, 6.07) is 10.0. The molecule has 2 aromatic carbocycles. The number of alkyl halides is 3. The standard InChI is InChI=1S/C19H16F3N3O4S/c1-27-15-8-5-12(9-16(15)28-2)24-18-25-14(10-30-18)17(26)23-11-3-6-13(7-4-11)29-19(20,21)22/h3-10H,1-2H3,(H,23,26)(H,24,25). The number of rotatable bonds is 7. The van der Waals surface area contributed by atoms with Crippen molar-refractivity contribution in [2.75, 3.05) is 24.9 Å². The lowest BCUT2D eigenvalue weighted by Gasteiger charge is -2.10. The Morgan fingerprint density at radius 1 is 1.00 bits per heavy atom. The van der Waals surface area contributed by atoms with Gasteiger partial charge >= 0.3 is 6.36 Å². The highest BCUT2D eigenvalue weighted by molar-refractivity contribution is 7.14. The number of nitrogens with zero attached hydrogens (tertiary/aromatic N) is 1. The number of hydrogen-bond acceptors (Lipinski definition) is 7. The number of ether oxygens (including phenoxy) is 3. The van der Waals surface area contributed by atoms with Crippen LogP contribution in [0.1, 0.15) is 10.5 Å². The number of methoxy groups -OCH3 is 2. The maximum Gasteiger partial charge on any atom is 0.573 e. The van der Waals surface area contributed by atoms with Crippen LogP contribution in [0.3, 0.4) is 0 Å². The zero-order valence-corrected chi connectivity index (χ0v) is 16.6. The first-order valence-electron chi connectivity index (χ1n) is 8.39. The first kappa shape index (κ1) is 21.2. The second-order valence-corrected chi connectivity index (χ2v) is 6.62. The number of amides is 1. The minimum absolute atomic E-state index is 0.151. The summed E-state index contributed by atoms with van der Waals surface area (Å²) in [4.78, 5) is 16.6. The first-order valence-corrected chi connectivity index (χ1v) is 9.27. The van der Waals surface area contributed by atoms with E-state index in [0.717, 1.165) is 12.1 Å². The third-order valence-electron chi connectivity index (χ3n) is 3.72. The summed E-state index contributed by atoms with van der Waals surface area (Å²) in [6.07, 6.45) is -4.78. The Balaban J connectivity index is 1.64. The van der Waals surface area contributed by atoms with Crippen LogP contribution in [0.2, 0.25) is 0 Å². The normalized spacial score (nSPS) is 11.0. The Bertz CT molecular complexity index is 1020. The SMILES string of the molecule is COc1ccc(Nc2nc(C(=O)Nc3ccc(OC(F)(F)F)cc3)cs2)cc1OC. The van der Waals surface area contributed by atoms with Gasteiger partial charge < -0.3 is 24.8 Å². The largest absolute Gasteiger partial charge is 0.573 e. The van der Waals surface area contributed by atoms with Gasteiger partial charge in [0.25, 0.3) is 5.91 Å². The lowest BCUT2D eigenvalue weighted by Crippen LogP contribution is -2.17. The molecule has 7 nitrogen and oxygen atoms in total. The number of hydrogen-bond donors (Lipinski definition) is 2. The van der Waals surface area contributed by atoms with E-state index in [1.54, 1.807) is 23.6 Å². The minimum Gasteiger partial charge on any atom is -0.493 e. The van der Waals surface area contributed by atoms with Gasteiger partial charge in [-0.1, -0.05) is 0 Å². The smallest absolute Gasteiger partial charge is 0.493 e. The molecular formula is C19H16F3N3O4S. The van der Waals surface area contributed by atoms with Crippen LogP contribution in [0.25, 0.3) is 0 Å². The predicted octanol–water partition coefficient (Wildman–Crippen LogP) is 5.05. The third-order valence-corrected chi connectivity index (χ3v) is 4.48. The molecule has 1 amide bonds. The lowest BCUT2D eigenvalue weighted by atomic mass is 10.3. The Morgan fingerprint density at radius 3 is 2.30 bits per heavy atom. The number of carbonyl (C=O) groups excluding carboxylic acids is 1. The van der Waals surface area contributed by atoms with Crippen LogP contribution in [0.15, 0.2) is 47.8 Å². The van der Waals surface area contributed by atoms with Gasteiger partial charge in [-0.05, 0) is 36.4 Å². The minimum atomic E-state index is -4.78. The van der Waals surface area contributed by atoms with Gasteiger partial charge in [0.05, 0.1) is 14.2 Å². The molecule has 1 aromatic heterocycles. The molecule has 0 aliphatic heterocycles. The topological polar surface area (TPSA) is 81.7 Å². The number of carbonyl (C=O) groups is 1. The quantitative estimate of drug-likeness (QED) is 0.536. The molecule has 1 heterocycles. The average Bonchev–Trinajstić information content (AvgIpc) is 3.17. The van der Waals surface area contributed by atoms with Gasteiger partial charge in [0, 0.05) is 22.8 Å². The van der Waals surface area contributed by atoms with Gasteiger partial charge in [-0.3, -0.25) is 4.79 Å². The van der Waals surface area contributed by atoms with Crippen LogP contribution in [-0.4, -0.2) is 31.5 Å². The monoisotopic (exact) mass is 439 g/mol. The van der Waals surface area contributed by atoms with Crippen molar-refractivity contribution in [1.29, 1.82) is 0 Å². The van der Waals surface area contributed by atoms with E-state index in [2.05, 4.69) is 20.4 Å². The van der Waals surface area contributed by atoms with Crippen LogP contribution >= 0.6 is 11.3 Å². The Kier molecular flexibility index (Phi) is 6.31. The van der Waals surface area contributed by atoms with E-state index in [4.69, 9.17) is 9.47 Å². The Hall–Kier alpha value is -3.47. The van der Waals surface area contributed by atoms with Crippen molar-refractivity contribution in [1.82, 2.24) is 4.98 Å². The van der Waals surface area contributed by atoms with E-state index in [9.17, 15) is 18.0 Å².